The minimum atomic E-state index is 0. The third-order valence-electron chi connectivity index (χ3n) is 6.46. The predicted molar refractivity (Wildman–Crippen MR) is 136 cm³/mol. The van der Waals surface area contributed by atoms with Crippen molar-refractivity contribution in [2.45, 2.75) is 92.0 Å². The van der Waals surface area contributed by atoms with E-state index in [-0.39, 0.29) is 6.84 Å². The molecule has 1 nitrogen and oxygen atoms in total. The van der Waals surface area contributed by atoms with Gasteiger partial charge in [0.25, 0.3) is 0 Å². The summed E-state index contributed by atoms with van der Waals surface area (Å²) in [5.41, 5.74) is 5.59. The molecule has 0 amide bonds. The minimum absolute atomic E-state index is 0. The molecule has 0 bridgehead atoms. The zero-order chi connectivity index (χ0) is 22.0. The maximum absolute atomic E-state index is 3.70. The molecule has 0 saturated heterocycles. The molecule has 168 valence electrons. The molecular weight excluding hydrogens is 362 g/mol. The lowest BCUT2D eigenvalue weighted by Crippen LogP contribution is -2.26. The Labute approximate surface area is 188 Å². The molecule has 2 aromatic carbocycles. The summed E-state index contributed by atoms with van der Waals surface area (Å²) in [4.78, 5) is 0. The molecule has 30 heavy (non-hydrogen) atoms. The van der Waals surface area contributed by atoms with Gasteiger partial charge in [0.05, 0.1) is 0 Å². The van der Waals surface area contributed by atoms with Crippen molar-refractivity contribution < 1.29 is 1.43 Å². The summed E-state index contributed by atoms with van der Waals surface area (Å²) in [5.74, 6) is 1.89. The lowest BCUT2D eigenvalue weighted by Gasteiger charge is -2.28. The van der Waals surface area contributed by atoms with Gasteiger partial charge in [0, 0.05) is 7.97 Å². The summed E-state index contributed by atoms with van der Waals surface area (Å²) in [6.07, 6.45) is 8.52. The van der Waals surface area contributed by atoms with Gasteiger partial charge in [0.1, 0.15) is 0 Å². The summed E-state index contributed by atoms with van der Waals surface area (Å²) in [5, 5.41) is 3.70. The van der Waals surface area contributed by atoms with Crippen LogP contribution in [0.15, 0.2) is 48.5 Å². The molecule has 1 fully saturated rings. The Bertz CT molecular complexity index is 704. The van der Waals surface area contributed by atoms with E-state index in [9.17, 15) is 0 Å². The summed E-state index contributed by atoms with van der Waals surface area (Å²) in [6.45, 7) is 15.3. The van der Waals surface area contributed by atoms with Crippen molar-refractivity contribution in [3.63, 3.8) is 0 Å². The Balaban J connectivity index is 0.00000156. The average Bonchev–Trinajstić information content (AvgIpc) is 2.77. The van der Waals surface area contributed by atoms with Gasteiger partial charge in [-0.25, -0.2) is 0 Å². The first-order valence-corrected chi connectivity index (χ1v) is 12.4. The summed E-state index contributed by atoms with van der Waals surface area (Å²) < 4.78 is 0. The minimum Gasteiger partial charge on any atom is -0.312 e. The number of benzene rings is 2. The quantitative estimate of drug-likeness (QED) is 0.482. The van der Waals surface area contributed by atoms with E-state index in [1.165, 1.54) is 67.3 Å². The van der Waals surface area contributed by atoms with Crippen LogP contribution in [0.1, 0.15) is 92.6 Å². The largest absolute Gasteiger partial charge is 0.312 e. The molecule has 0 radical (unpaired) electrons. The molecule has 0 unspecified atom stereocenters. The number of rotatable bonds is 7. The first kappa shape index (κ1) is 24.7. The topological polar surface area (TPSA) is 12.0 Å². The third kappa shape index (κ3) is 7.58. The highest BCUT2D eigenvalue weighted by atomic mass is 14.9. The molecule has 0 aliphatic heterocycles. The van der Waals surface area contributed by atoms with E-state index in [0.29, 0.717) is 0 Å². The van der Waals surface area contributed by atoms with Gasteiger partial charge in [-0.05, 0) is 58.9 Å². The van der Waals surface area contributed by atoms with Gasteiger partial charge in [-0.1, -0.05) is 116 Å². The van der Waals surface area contributed by atoms with E-state index in [2.05, 4.69) is 81.5 Å². The standard InChI is InChI=1S/C27H39N.C2H6.H2/c1-5-6-21-7-9-22(10-8-21)19-28-20-23-11-13-24(14-12-23)25-15-17-26(18-16-25)27(2,3)4;1-2;/h11-18,21-22,28H,5-10,19-20H2,1-4H3;1-2H3;1H. The molecule has 1 heteroatoms. The normalized spacial score (nSPS) is 19.1. The van der Waals surface area contributed by atoms with Crippen LogP contribution >= 0.6 is 0 Å². The highest BCUT2D eigenvalue weighted by Gasteiger charge is 2.20. The van der Waals surface area contributed by atoms with Gasteiger partial charge in [-0.3, -0.25) is 0 Å². The zero-order valence-electron chi connectivity index (χ0n) is 20.4. The smallest absolute Gasteiger partial charge is 0.0205 e. The molecule has 0 heterocycles. The van der Waals surface area contributed by atoms with Gasteiger partial charge in [-0.2, -0.15) is 0 Å². The fraction of sp³-hybridized carbons (Fsp3) is 0.586. The van der Waals surface area contributed by atoms with Crippen LogP contribution in [-0.4, -0.2) is 6.54 Å². The Kier molecular flexibility index (Phi) is 10.1. The molecule has 1 N–H and O–H groups in total. The van der Waals surface area contributed by atoms with E-state index >= 15 is 0 Å². The molecule has 2 aromatic rings. The molecule has 1 aliphatic rings. The SMILES string of the molecule is CC.CCCC1CCC(CNCc2ccc(-c3ccc(C(C)(C)C)cc3)cc2)CC1.[HH]. The molecule has 0 aromatic heterocycles. The zero-order valence-corrected chi connectivity index (χ0v) is 20.4. The van der Waals surface area contributed by atoms with Crippen LogP contribution in [0.5, 0.6) is 0 Å². The van der Waals surface area contributed by atoms with Gasteiger partial charge >= 0.3 is 0 Å². The van der Waals surface area contributed by atoms with Gasteiger partial charge in [0.15, 0.2) is 0 Å². The van der Waals surface area contributed by atoms with Crippen LogP contribution in [0.2, 0.25) is 0 Å². The lowest BCUT2D eigenvalue weighted by molar-refractivity contribution is 0.256. The lowest BCUT2D eigenvalue weighted by atomic mass is 9.80. The first-order chi connectivity index (χ1) is 14.5. The van der Waals surface area contributed by atoms with Crippen molar-refractivity contribution in [2.75, 3.05) is 6.54 Å². The van der Waals surface area contributed by atoms with Crippen LogP contribution in [0.25, 0.3) is 11.1 Å². The van der Waals surface area contributed by atoms with Crippen LogP contribution in [-0.2, 0) is 12.0 Å². The second kappa shape index (κ2) is 12.3. The second-order valence-electron chi connectivity index (χ2n) is 9.83. The fourth-order valence-corrected chi connectivity index (χ4v) is 4.53. The molecule has 1 aliphatic carbocycles. The number of nitrogens with one attached hydrogen (secondary N) is 1. The number of hydrogen-bond donors (Lipinski definition) is 1. The predicted octanol–water partition coefficient (Wildman–Crippen LogP) is 8.62. The number of hydrogen-bond acceptors (Lipinski definition) is 1. The third-order valence-corrected chi connectivity index (χ3v) is 6.46. The summed E-state index contributed by atoms with van der Waals surface area (Å²) in [7, 11) is 0. The van der Waals surface area contributed by atoms with Gasteiger partial charge < -0.3 is 5.32 Å². The monoisotopic (exact) mass is 409 g/mol. The van der Waals surface area contributed by atoms with E-state index in [1.54, 1.807) is 0 Å². The van der Waals surface area contributed by atoms with Crippen LogP contribution in [0, 0.1) is 11.8 Å². The van der Waals surface area contributed by atoms with Crippen LogP contribution < -0.4 is 5.32 Å². The Morgan fingerprint density at radius 3 is 1.80 bits per heavy atom. The Morgan fingerprint density at radius 2 is 1.30 bits per heavy atom. The van der Waals surface area contributed by atoms with Crippen molar-refractivity contribution in [3.8, 4) is 11.1 Å². The van der Waals surface area contributed by atoms with Crippen LogP contribution in [0.4, 0.5) is 0 Å². The van der Waals surface area contributed by atoms with Crippen molar-refractivity contribution in [3.05, 3.63) is 59.7 Å². The maximum atomic E-state index is 3.70. The molecule has 1 saturated carbocycles. The summed E-state index contributed by atoms with van der Waals surface area (Å²) >= 11 is 0. The highest BCUT2D eigenvalue weighted by Crippen LogP contribution is 2.31. The summed E-state index contributed by atoms with van der Waals surface area (Å²) in [6, 6.07) is 18.1. The Morgan fingerprint density at radius 1 is 0.800 bits per heavy atom. The van der Waals surface area contributed by atoms with Crippen molar-refractivity contribution >= 4 is 0 Å². The van der Waals surface area contributed by atoms with Crippen molar-refractivity contribution in [1.29, 1.82) is 0 Å². The van der Waals surface area contributed by atoms with Crippen molar-refractivity contribution in [1.82, 2.24) is 5.32 Å². The second-order valence-corrected chi connectivity index (χ2v) is 9.83. The molecule has 0 atom stereocenters. The van der Waals surface area contributed by atoms with Gasteiger partial charge in [0.2, 0.25) is 0 Å². The molecular formula is C29H47N. The van der Waals surface area contributed by atoms with E-state index < -0.39 is 0 Å². The van der Waals surface area contributed by atoms with Gasteiger partial charge in [-0.15, -0.1) is 0 Å². The van der Waals surface area contributed by atoms with Crippen molar-refractivity contribution in [2.24, 2.45) is 11.8 Å². The van der Waals surface area contributed by atoms with E-state index in [4.69, 9.17) is 0 Å². The maximum Gasteiger partial charge on any atom is 0.0205 e. The van der Waals surface area contributed by atoms with Crippen LogP contribution in [0.3, 0.4) is 0 Å². The first-order valence-electron chi connectivity index (χ1n) is 12.4. The van der Waals surface area contributed by atoms with E-state index in [1.807, 2.05) is 13.8 Å². The molecule has 3 rings (SSSR count). The molecule has 0 spiro atoms. The van der Waals surface area contributed by atoms with E-state index in [0.717, 1.165) is 18.4 Å². The average molecular weight is 410 g/mol. The fourth-order valence-electron chi connectivity index (χ4n) is 4.53. The Hall–Kier alpha value is -1.60. The highest BCUT2D eigenvalue weighted by molar-refractivity contribution is 5.64.